The zero-order chi connectivity index (χ0) is 20.5. The van der Waals surface area contributed by atoms with E-state index in [1.165, 1.54) is 24.3 Å². The van der Waals surface area contributed by atoms with Gasteiger partial charge >= 0.3 is 12.3 Å². The van der Waals surface area contributed by atoms with Gasteiger partial charge in [-0.3, -0.25) is 5.32 Å². The van der Waals surface area contributed by atoms with Gasteiger partial charge in [0.05, 0.1) is 11.9 Å². The number of aryl methyl sites for hydroxylation is 2. The highest BCUT2D eigenvalue weighted by molar-refractivity contribution is 6.30. The molecule has 3 rings (SSSR count). The van der Waals surface area contributed by atoms with Crippen LogP contribution in [-0.2, 0) is 6.18 Å². The van der Waals surface area contributed by atoms with Gasteiger partial charge in [-0.05, 0) is 55.3 Å². The third kappa shape index (κ3) is 4.28. The van der Waals surface area contributed by atoms with Gasteiger partial charge in [-0.1, -0.05) is 23.7 Å². The number of nitrogens with one attached hydrogen (secondary N) is 1. The summed E-state index contributed by atoms with van der Waals surface area (Å²) in [7, 11) is 0. The van der Waals surface area contributed by atoms with Gasteiger partial charge in [0.2, 0.25) is 0 Å². The number of rotatable bonds is 3. The van der Waals surface area contributed by atoms with Crippen LogP contribution in [0.25, 0.3) is 5.69 Å². The minimum Gasteiger partial charge on any atom is -0.406 e. The maximum Gasteiger partial charge on any atom is 0.437 e. The molecule has 2 aromatic carbocycles. The number of benzene rings is 2. The van der Waals surface area contributed by atoms with E-state index >= 15 is 0 Å². The van der Waals surface area contributed by atoms with Crippen molar-refractivity contribution in [3.05, 3.63) is 70.5 Å². The van der Waals surface area contributed by atoms with Gasteiger partial charge in [-0.25, -0.2) is 9.48 Å². The molecule has 28 heavy (non-hydrogen) atoms. The third-order valence-corrected chi connectivity index (χ3v) is 4.16. The highest BCUT2D eigenvalue weighted by atomic mass is 35.5. The number of carbonyl (C=O) groups excluding carboxylic acids is 1. The molecule has 0 fully saturated rings. The minimum absolute atomic E-state index is 0.126. The molecule has 1 amide bonds. The number of ether oxygens (including phenoxy) is 1. The number of carbonyl (C=O) groups is 1. The Kier molecular flexibility index (Phi) is 5.33. The Morgan fingerprint density at radius 1 is 1.14 bits per heavy atom. The first-order valence-corrected chi connectivity index (χ1v) is 8.50. The molecule has 1 heterocycles. The summed E-state index contributed by atoms with van der Waals surface area (Å²) in [4.78, 5) is 12.2. The van der Waals surface area contributed by atoms with Crippen LogP contribution in [0.3, 0.4) is 0 Å². The molecule has 3 aromatic rings. The summed E-state index contributed by atoms with van der Waals surface area (Å²) >= 11 is 5.77. The van der Waals surface area contributed by atoms with E-state index in [2.05, 4.69) is 10.4 Å². The molecule has 1 N–H and O–H groups in total. The lowest BCUT2D eigenvalue weighted by atomic mass is 10.1. The number of anilines is 1. The molecule has 0 aliphatic heterocycles. The van der Waals surface area contributed by atoms with Gasteiger partial charge in [-0.15, -0.1) is 0 Å². The van der Waals surface area contributed by atoms with E-state index in [0.29, 0.717) is 15.4 Å². The number of amides is 1. The zero-order valence-corrected chi connectivity index (χ0v) is 15.6. The van der Waals surface area contributed by atoms with Gasteiger partial charge in [0.15, 0.2) is 11.4 Å². The second-order valence-corrected chi connectivity index (χ2v) is 6.51. The monoisotopic (exact) mass is 409 g/mol. The molecule has 0 saturated carbocycles. The van der Waals surface area contributed by atoms with E-state index in [-0.39, 0.29) is 5.69 Å². The molecular formula is C19H15ClF3N3O2. The molecule has 0 bridgehead atoms. The van der Waals surface area contributed by atoms with Crippen LogP contribution >= 0.6 is 11.6 Å². The number of alkyl halides is 3. The smallest absolute Gasteiger partial charge is 0.406 e. The number of hydrogen-bond acceptors (Lipinski definition) is 3. The summed E-state index contributed by atoms with van der Waals surface area (Å²) < 4.78 is 46.4. The topological polar surface area (TPSA) is 56.1 Å². The maximum absolute atomic E-state index is 13.6. The highest BCUT2D eigenvalue weighted by Crippen LogP contribution is 2.38. The predicted octanol–water partition coefficient (Wildman–Crippen LogP) is 5.77. The molecule has 0 aliphatic carbocycles. The van der Waals surface area contributed by atoms with Crippen LogP contribution in [0, 0.1) is 13.8 Å². The van der Waals surface area contributed by atoms with E-state index in [1.54, 1.807) is 19.1 Å². The Morgan fingerprint density at radius 2 is 1.82 bits per heavy atom. The van der Waals surface area contributed by atoms with E-state index < -0.39 is 23.7 Å². The van der Waals surface area contributed by atoms with E-state index in [9.17, 15) is 18.0 Å². The van der Waals surface area contributed by atoms with Crippen LogP contribution in [0.1, 0.15) is 16.8 Å². The zero-order valence-electron chi connectivity index (χ0n) is 14.8. The average Bonchev–Trinajstić information content (AvgIpc) is 3.02. The van der Waals surface area contributed by atoms with Crippen LogP contribution in [0.4, 0.5) is 23.7 Å². The van der Waals surface area contributed by atoms with Gasteiger partial charge < -0.3 is 4.74 Å². The Hall–Kier alpha value is -3.00. The van der Waals surface area contributed by atoms with Gasteiger partial charge in [0, 0.05) is 10.7 Å². The van der Waals surface area contributed by atoms with E-state index in [0.717, 1.165) is 17.3 Å². The molecular weight excluding hydrogens is 395 g/mol. The molecule has 0 saturated heterocycles. The standard InChI is InChI=1S/C19H15ClF3N3O2/c1-11-3-4-12(2)15(9-11)25-18(27)28-16-10-24-26(17(16)19(21,22)23)14-7-5-13(20)6-8-14/h3-10H,1-2H3,(H,25,27). The van der Waals surface area contributed by atoms with Crippen LogP contribution < -0.4 is 10.1 Å². The van der Waals surface area contributed by atoms with Crippen molar-refractivity contribution in [3.63, 3.8) is 0 Å². The van der Waals surface area contributed by atoms with Gasteiger partial charge in [0.25, 0.3) is 0 Å². The maximum atomic E-state index is 13.6. The molecule has 0 radical (unpaired) electrons. The first-order chi connectivity index (χ1) is 13.1. The average molecular weight is 410 g/mol. The van der Waals surface area contributed by atoms with Crippen LogP contribution in [-0.4, -0.2) is 15.9 Å². The van der Waals surface area contributed by atoms with Crippen LogP contribution in [0.5, 0.6) is 5.75 Å². The normalized spacial score (nSPS) is 11.4. The largest absolute Gasteiger partial charge is 0.437 e. The summed E-state index contributed by atoms with van der Waals surface area (Å²) in [5, 5.41) is 6.54. The molecule has 0 aliphatic rings. The molecule has 0 spiro atoms. The van der Waals surface area contributed by atoms with Crippen LogP contribution in [0.15, 0.2) is 48.7 Å². The first-order valence-electron chi connectivity index (χ1n) is 8.12. The van der Waals surface area contributed by atoms with Gasteiger partial charge in [0.1, 0.15) is 0 Å². The molecule has 146 valence electrons. The first kappa shape index (κ1) is 19.8. The van der Waals surface area contributed by atoms with E-state index in [4.69, 9.17) is 16.3 Å². The predicted molar refractivity (Wildman–Crippen MR) is 99.1 cm³/mol. The fourth-order valence-electron chi connectivity index (χ4n) is 2.55. The fraction of sp³-hybridized carbons (Fsp3) is 0.158. The Bertz CT molecular complexity index is 1010. The number of nitrogens with zero attached hydrogens (tertiary/aromatic N) is 2. The van der Waals surface area contributed by atoms with Crippen molar-refractivity contribution in [2.45, 2.75) is 20.0 Å². The second kappa shape index (κ2) is 7.55. The summed E-state index contributed by atoms with van der Waals surface area (Å²) in [6.45, 7) is 3.59. The van der Waals surface area contributed by atoms with Crippen molar-refractivity contribution in [2.24, 2.45) is 0 Å². The Balaban J connectivity index is 1.90. The Morgan fingerprint density at radius 3 is 2.46 bits per heavy atom. The van der Waals surface area contributed by atoms with Crippen molar-refractivity contribution in [3.8, 4) is 11.4 Å². The second-order valence-electron chi connectivity index (χ2n) is 6.08. The summed E-state index contributed by atoms with van der Waals surface area (Å²) in [5.74, 6) is -0.703. The van der Waals surface area contributed by atoms with Crippen LogP contribution in [0.2, 0.25) is 5.02 Å². The molecule has 1 aromatic heterocycles. The lowest BCUT2D eigenvalue weighted by Crippen LogP contribution is -2.20. The highest BCUT2D eigenvalue weighted by Gasteiger charge is 2.40. The SMILES string of the molecule is Cc1ccc(C)c(NC(=O)Oc2cnn(-c3ccc(Cl)cc3)c2C(F)(F)F)c1. The number of hydrogen-bond donors (Lipinski definition) is 1. The molecule has 0 unspecified atom stereocenters. The Labute approximate surface area is 163 Å². The van der Waals surface area contributed by atoms with Crippen molar-refractivity contribution in [2.75, 3.05) is 5.32 Å². The molecule has 0 atom stereocenters. The van der Waals surface area contributed by atoms with Crippen molar-refractivity contribution >= 4 is 23.4 Å². The van der Waals surface area contributed by atoms with E-state index in [1.807, 2.05) is 13.0 Å². The molecule has 5 nitrogen and oxygen atoms in total. The van der Waals surface area contributed by atoms with Crippen molar-refractivity contribution in [1.29, 1.82) is 0 Å². The minimum atomic E-state index is -4.80. The number of aromatic nitrogens is 2. The third-order valence-electron chi connectivity index (χ3n) is 3.91. The number of halogens is 4. The van der Waals surface area contributed by atoms with Gasteiger partial charge in [-0.2, -0.15) is 18.3 Å². The fourth-order valence-corrected chi connectivity index (χ4v) is 2.68. The molecule has 9 heteroatoms. The quantitative estimate of drug-likeness (QED) is 0.597. The summed E-state index contributed by atoms with van der Waals surface area (Å²) in [6, 6.07) is 11.0. The lowest BCUT2D eigenvalue weighted by molar-refractivity contribution is -0.143. The van der Waals surface area contributed by atoms with Crippen molar-refractivity contribution in [1.82, 2.24) is 9.78 Å². The lowest BCUT2D eigenvalue weighted by Gasteiger charge is -2.13. The van der Waals surface area contributed by atoms with Crippen molar-refractivity contribution < 1.29 is 22.7 Å². The summed E-state index contributed by atoms with van der Waals surface area (Å²) in [6.07, 6.45) is -5.00. The summed E-state index contributed by atoms with van der Waals surface area (Å²) in [5.41, 5.74) is 0.999.